The summed E-state index contributed by atoms with van der Waals surface area (Å²) in [6.07, 6.45) is -1.94. The van der Waals surface area contributed by atoms with Crippen molar-refractivity contribution in [3.63, 3.8) is 0 Å². The second-order valence-electron chi connectivity index (χ2n) is 9.66. The van der Waals surface area contributed by atoms with Crippen molar-refractivity contribution in [2.75, 3.05) is 44.9 Å². The summed E-state index contributed by atoms with van der Waals surface area (Å²) in [6, 6.07) is 14.1. The highest BCUT2D eigenvalue weighted by Crippen LogP contribution is 2.21. The van der Waals surface area contributed by atoms with Gasteiger partial charge in [0.15, 0.2) is 0 Å². The highest BCUT2D eigenvalue weighted by Gasteiger charge is 2.31. The molecule has 0 bridgehead atoms. The van der Waals surface area contributed by atoms with Crippen molar-refractivity contribution in [1.82, 2.24) is 14.9 Å². The number of rotatable bonds is 13. The van der Waals surface area contributed by atoms with Crippen LogP contribution in [0.4, 0.5) is 10.5 Å². The number of carbonyl (C=O) groups is 1. The van der Waals surface area contributed by atoms with E-state index in [0.29, 0.717) is 18.8 Å². The Kier molecular flexibility index (Phi) is 11.3. The quantitative estimate of drug-likeness (QED) is 0.235. The molecule has 0 spiro atoms. The zero-order valence-corrected chi connectivity index (χ0v) is 22.6. The molecule has 0 unspecified atom stereocenters. The van der Waals surface area contributed by atoms with E-state index in [9.17, 15) is 18.3 Å². The SMILES string of the molecule is CC(C)CN(C[C@@H](O)[C@H](Cc1ccccc1)NC(=O)OC[C@H]1CNCCO1)S(=O)(=O)c1ccc(NO)cc1. The number of aliphatic hydroxyl groups excluding tert-OH is 1. The lowest BCUT2D eigenvalue weighted by atomic mass is 10.0. The highest BCUT2D eigenvalue weighted by atomic mass is 32.2. The zero-order valence-electron chi connectivity index (χ0n) is 21.7. The van der Waals surface area contributed by atoms with Gasteiger partial charge in [0.2, 0.25) is 10.0 Å². The maximum atomic E-state index is 13.5. The number of ether oxygens (including phenoxy) is 2. The van der Waals surface area contributed by atoms with Crippen molar-refractivity contribution in [1.29, 1.82) is 0 Å². The molecule has 0 radical (unpaired) electrons. The Labute approximate surface area is 224 Å². The minimum absolute atomic E-state index is 0.0232. The molecule has 1 saturated heterocycles. The molecule has 1 aliphatic heterocycles. The van der Waals surface area contributed by atoms with Crippen LogP contribution in [0.1, 0.15) is 19.4 Å². The summed E-state index contributed by atoms with van der Waals surface area (Å²) in [7, 11) is -3.98. The molecule has 11 nitrogen and oxygen atoms in total. The topological polar surface area (TPSA) is 149 Å². The Bertz CT molecular complexity index is 1090. The minimum Gasteiger partial charge on any atom is -0.447 e. The minimum atomic E-state index is -3.98. The Hall–Kier alpha value is -2.74. The number of alkyl carbamates (subject to hydrolysis) is 1. The first-order valence-electron chi connectivity index (χ1n) is 12.7. The predicted molar refractivity (Wildman–Crippen MR) is 142 cm³/mol. The van der Waals surface area contributed by atoms with Gasteiger partial charge in [-0.1, -0.05) is 44.2 Å². The molecule has 1 aliphatic rings. The van der Waals surface area contributed by atoms with Crippen molar-refractivity contribution in [2.45, 2.75) is 43.4 Å². The van der Waals surface area contributed by atoms with Gasteiger partial charge in [-0.25, -0.2) is 13.2 Å². The molecular weight excluding hydrogens is 512 g/mol. The van der Waals surface area contributed by atoms with Gasteiger partial charge in [-0.05, 0) is 42.2 Å². The number of hydrogen-bond donors (Lipinski definition) is 5. The van der Waals surface area contributed by atoms with Crippen molar-refractivity contribution in [3.8, 4) is 0 Å². The Balaban J connectivity index is 1.76. The molecule has 0 saturated carbocycles. The third-order valence-electron chi connectivity index (χ3n) is 6.05. The van der Waals surface area contributed by atoms with Gasteiger partial charge < -0.3 is 25.2 Å². The number of carbonyl (C=O) groups excluding carboxylic acids is 1. The van der Waals surface area contributed by atoms with Crippen LogP contribution in [0.2, 0.25) is 0 Å². The first-order chi connectivity index (χ1) is 18.2. The number of aliphatic hydroxyl groups is 1. The predicted octanol–water partition coefficient (Wildman–Crippen LogP) is 1.82. The molecule has 1 amide bonds. The van der Waals surface area contributed by atoms with E-state index in [0.717, 1.165) is 12.1 Å². The molecule has 2 aromatic rings. The molecule has 1 fully saturated rings. The summed E-state index contributed by atoms with van der Waals surface area (Å²) >= 11 is 0. The second-order valence-corrected chi connectivity index (χ2v) is 11.6. The molecule has 5 N–H and O–H groups in total. The van der Waals surface area contributed by atoms with Crippen molar-refractivity contribution < 1.29 is 33.0 Å². The van der Waals surface area contributed by atoms with Gasteiger partial charge in [-0.3, -0.25) is 10.7 Å². The molecule has 38 heavy (non-hydrogen) atoms. The molecule has 1 heterocycles. The Morgan fingerprint density at radius 3 is 2.47 bits per heavy atom. The van der Waals surface area contributed by atoms with Crippen LogP contribution in [0.3, 0.4) is 0 Å². The number of amides is 1. The normalized spacial score (nSPS) is 17.7. The smallest absolute Gasteiger partial charge is 0.407 e. The molecule has 0 aliphatic carbocycles. The highest BCUT2D eigenvalue weighted by molar-refractivity contribution is 7.89. The van der Waals surface area contributed by atoms with E-state index in [2.05, 4.69) is 10.6 Å². The fourth-order valence-electron chi connectivity index (χ4n) is 4.10. The van der Waals surface area contributed by atoms with Crippen LogP contribution in [0.25, 0.3) is 0 Å². The largest absolute Gasteiger partial charge is 0.447 e. The molecule has 3 rings (SSSR count). The van der Waals surface area contributed by atoms with Crippen molar-refractivity contribution >= 4 is 21.8 Å². The molecule has 0 aromatic heterocycles. The van der Waals surface area contributed by atoms with E-state index in [1.807, 2.05) is 49.7 Å². The van der Waals surface area contributed by atoms with Crippen LogP contribution >= 0.6 is 0 Å². The van der Waals surface area contributed by atoms with Crippen LogP contribution in [-0.2, 0) is 25.9 Å². The maximum Gasteiger partial charge on any atom is 0.407 e. The van der Waals surface area contributed by atoms with Gasteiger partial charge in [-0.15, -0.1) is 0 Å². The molecular formula is C26H38N4O7S. The van der Waals surface area contributed by atoms with Crippen LogP contribution in [0.15, 0.2) is 59.5 Å². The standard InChI is InChI=1S/C26H38N4O7S/c1-19(2)16-30(38(34,35)23-10-8-21(29-33)9-11-23)17-25(31)24(14-20-6-4-3-5-7-20)28-26(32)37-18-22-15-27-12-13-36-22/h3-11,19,22,24-25,27,29,31,33H,12-18H2,1-2H3,(H,28,32)/t22-,24+,25-/m1/s1. The van der Waals surface area contributed by atoms with E-state index in [1.54, 1.807) is 0 Å². The Morgan fingerprint density at radius 1 is 1.16 bits per heavy atom. The molecule has 2 aromatic carbocycles. The number of anilines is 1. The lowest BCUT2D eigenvalue weighted by molar-refractivity contribution is -0.0136. The van der Waals surface area contributed by atoms with Crippen molar-refractivity contribution in [3.05, 3.63) is 60.2 Å². The van der Waals surface area contributed by atoms with E-state index >= 15 is 0 Å². The summed E-state index contributed by atoms with van der Waals surface area (Å²) in [4.78, 5) is 12.7. The van der Waals surface area contributed by atoms with Gasteiger partial charge in [0, 0.05) is 26.2 Å². The zero-order chi connectivity index (χ0) is 27.5. The second kappa shape index (κ2) is 14.4. The van der Waals surface area contributed by atoms with Crippen LogP contribution < -0.4 is 16.1 Å². The Morgan fingerprint density at radius 2 is 1.87 bits per heavy atom. The lowest BCUT2D eigenvalue weighted by Gasteiger charge is -2.31. The summed E-state index contributed by atoms with van der Waals surface area (Å²) in [5, 5.41) is 26.2. The average Bonchev–Trinajstić information content (AvgIpc) is 2.92. The third-order valence-corrected chi connectivity index (χ3v) is 7.90. The fourth-order valence-corrected chi connectivity index (χ4v) is 5.73. The van der Waals surface area contributed by atoms with Gasteiger partial charge in [-0.2, -0.15) is 4.31 Å². The number of benzene rings is 2. The first-order valence-corrected chi connectivity index (χ1v) is 14.1. The summed E-state index contributed by atoms with van der Waals surface area (Å²) in [5.74, 6) is -0.0232. The van der Waals surface area contributed by atoms with Crippen LogP contribution in [-0.4, -0.2) is 86.8 Å². The summed E-state index contributed by atoms with van der Waals surface area (Å²) in [5.41, 5.74) is 3.18. The molecule has 210 valence electrons. The number of hydrogen-bond acceptors (Lipinski definition) is 9. The number of nitrogens with one attached hydrogen (secondary N) is 3. The maximum absolute atomic E-state index is 13.5. The fraction of sp³-hybridized carbons (Fsp3) is 0.500. The van der Waals surface area contributed by atoms with Gasteiger partial charge in [0.05, 0.1) is 29.3 Å². The summed E-state index contributed by atoms with van der Waals surface area (Å²) < 4.78 is 39.1. The van der Waals surface area contributed by atoms with E-state index in [4.69, 9.17) is 14.7 Å². The number of nitrogens with zero attached hydrogens (tertiary/aromatic N) is 1. The van der Waals surface area contributed by atoms with E-state index in [-0.39, 0.29) is 43.0 Å². The van der Waals surface area contributed by atoms with E-state index < -0.39 is 28.3 Å². The summed E-state index contributed by atoms with van der Waals surface area (Å²) in [6.45, 7) is 5.58. The van der Waals surface area contributed by atoms with Gasteiger partial charge in [0.25, 0.3) is 0 Å². The van der Waals surface area contributed by atoms with Crippen LogP contribution in [0.5, 0.6) is 0 Å². The van der Waals surface area contributed by atoms with Gasteiger partial charge >= 0.3 is 6.09 Å². The number of sulfonamides is 1. The monoisotopic (exact) mass is 550 g/mol. The van der Waals surface area contributed by atoms with E-state index in [1.165, 1.54) is 28.6 Å². The van der Waals surface area contributed by atoms with Gasteiger partial charge in [0.1, 0.15) is 12.7 Å². The lowest BCUT2D eigenvalue weighted by Crippen LogP contribution is -2.51. The molecule has 12 heteroatoms. The molecule has 3 atom stereocenters. The third kappa shape index (κ3) is 8.93. The number of morpholine rings is 1. The van der Waals surface area contributed by atoms with Crippen molar-refractivity contribution in [2.24, 2.45) is 5.92 Å². The first kappa shape index (κ1) is 29.8. The van der Waals surface area contributed by atoms with Crippen LogP contribution in [0, 0.1) is 5.92 Å². The average molecular weight is 551 g/mol.